The molecule has 130 valence electrons. The molecule has 0 aliphatic carbocycles. The Bertz CT molecular complexity index is 858. The molecule has 6 nitrogen and oxygen atoms in total. The minimum absolute atomic E-state index is 0.124. The summed E-state index contributed by atoms with van der Waals surface area (Å²) < 4.78 is 7.01. The molecule has 1 aromatic carbocycles. The lowest BCUT2D eigenvalue weighted by Gasteiger charge is -2.23. The lowest BCUT2D eigenvalue weighted by Crippen LogP contribution is -2.35. The van der Waals surface area contributed by atoms with Gasteiger partial charge in [0, 0.05) is 11.8 Å². The van der Waals surface area contributed by atoms with E-state index >= 15 is 0 Å². The van der Waals surface area contributed by atoms with Crippen LogP contribution in [-0.4, -0.2) is 20.8 Å². The van der Waals surface area contributed by atoms with Crippen molar-refractivity contribution in [2.75, 3.05) is 5.32 Å². The molecule has 0 aliphatic heterocycles. The van der Waals surface area contributed by atoms with Crippen LogP contribution in [0, 0.1) is 13.8 Å². The highest BCUT2D eigenvalue weighted by Crippen LogP contribution is 2.30. The van der Waals surface area contributed by atoms with Crippen molar-refractivity contribution in [1.29, 1.82) is 0 Å². The summed E-state index contributed by atoms with van der Waals surface area (Å²) in [5.41, 5.74) is 2.62. The lowest BCUT2D eigenvalue weighted by atomic mass is 9.82. The van der Waals surface area contributed by atoms with Gasteiger partial charge >= 0.3 is 0 Å². The van der Waals surface area contributed by atoms with Crippen molar-refractivity contribution < 1.29 is 9.32 Å². The molecule has 0 atom stereocenters. The Kier molecular flexibility index (Phi) is 4.44. The predicted octanol–water partition coefficient (Wildman–Crippen LogP) is 3.45. The maximum Gasteiger partial charge on any atom is 0.234 e. The highest BCUT2D eigenvalue weighted by molar-refractivity contribution is 5.98. The van der Waals surface area contributed by atoms with Gasteiger partial charge in [0.25, 0.3) is 0 Å². The fraction of sp³-hybridized carbons (Fsp3) is 0.316. The zero-order chi connectivity index (χ0) is 18.0. The standard InChI is InChI=1S/C19H22N4O2/c1-13-17(14(2)25-22-13)19(3,4)18(24)21-16-10-20-23(12-16)11-15-8-6-5-7-9-15/h5-10,12H,11H2,1-4H3,(H,21,24). The van der Waals surface area contributed by atoms with E-state index in [1.54, 1.807) is 10.9 Å². The van der Waals surface area contributed by atoms with E-state index in [0.717, 1.165) is 16.8 Å². The van der Waals surface area contributed by atoms with Crippen LogP contribution < -0.4 is 5.32 Å². The topological polar surface area (TPSA) is 73.0 Å². The van der Waals surface area contributed by atoms with Crippen molar-refractivity contribution in [2.24, 2.45) is 0 Å². The molecule has 3 rings (SSSR count). The molecule has 2 heterocycles. The molecule has 1 N–H and O–H groups in total. The van der Waals surface area contributed by atoms with E-state index in [2.05, 4.69) is 15.6 Å². The number of carbonyl (C=O) groups excluding carboxylic acids is 1. The first-order chi connectivity index (χ1) is 11.9. The minimum Gasteiger partial charge on any atom is -0.361 e. The Morgan fingerprint density at radius 2 is 1.96 bits per heavy atom. The summed E-state index contributed by atoms with van der Waals surface area (Å²) in [6, 6.07) is 10.1. The van der Waals surface area contributed by atoms with Crippen molar-refractivity contribution in [3.05, 3.63) is 65.3 Å². The molecule has 0 unspecified atom stereocenters. The summed E-state index contributed by atoms with van der Waals surface area (Å²) in [6.45, 7) is 8.05. The van der Waals surface area contributed by atoms with Crippen LogP contribution in [0.15, 0.2) is 47.2 Å². The molecule has 0 fully saturated rings. The molecule has 0 saturated carbocycles. The second-order valence-corrected chi connectivity index (χ2v) is 6.69. The van der Waals surface area contributed by atoms with E-state index in [9.17, 15) is 4.79 Å². The van der Waals surface area contributed by atoms with Crippen LogP contribution in [0.1, 0.15) is 36.4 Å². The molecule has 0 bridgehead atoms. The number of carbonyl (C=O) groups is 1. The molecular weight excluding hydrogens is 316 g/mol. The number of hydrogen-bond acceptors (Lipinski definition) is 4. The summed E-state index contributed by atoms with van der Waals surface area (Å²) in [4.78, 5) is 12.8. The minimum atomic E-state index is -0.754. The Hall–Kier alpha value is -2.89. The fourth-order valence-electron chi connectivity index (χ4n) is 3.06. The summed E-state index contributed by atoms with van der Waals surface area (Å²) in [5.74, 6) is 0.540. The maximum absolute atomic E-state index is 12.8. The van der Waals surface area contributed by atoms with Gasteiger partial charge in [-0.1, -0.05) is 35.5 Å². The van der Waals surface area contributed by atoms with Gasteiger partial charge in [-0.25, -0.2) is 0 Å². The SMILES string of the molecule is Cc1noc(C)c1C(C)(C)C(=O)Nc1cnn(Cc2ccccc2)c1. The Morgan fingerprint density at radius 1 is 1.24 bits per heavy atom. The number of anilines is 1. The number of aromatic nitrogens is 3. The van der Waals surface area contributed by atoms with Crippen molar-refractivity contribution >= 4 is 11.6 Å². The number of nitrogens with zero attached hydrogens (tertiary/aromatic N) is 3. The van der Waals surface area contributed by atoms with Gasteiger partial charge in [0.15, 0.2) is 0 Å². The van der Waals surface area contributed by atoms with E-state index in [0.29, 0.717) is 18.0 Å². The van der Waals surface area contributed by atoms with Gasteiger partial charge in [0.2, 0.25) is 5.91 Å². The van der Waals surface area contributed by atoms with E-state index in [1.807, 2.05) is 64.2 Å². The third-order valence-electron chi connectivity index (χ3n) is 4.30. The maximum atomic E-state index is 12.8. The largest absolute Gasteiger partial charge is 0.361 e. The van der Waals surface area contributed by atoms with Crippen LogP contribution in [-0.2, 0) is 16.8 Å². The zero-order valence-electron chi connectivity index (χ0n) is 14.9. The molecule has 6 heteroatoms. The van der Waals surface area contributed by atoms with Crippen molar-refractivity contribution in [2.45, 2.75) is 39.7 Å². The summed E-state index contributed by atoms with van der Waals surface area (Å²) in [6.07, 6.45) is 3.48. The second-order valence-electron chi connectivity index (χ2n) is 6.69. The number of hydrogen-bond donors (Lipinski definition) is 1. The third-order valence-corrected chi connectivity index (χ3v) is 4.30. The Morgan fingerprint density at radius 3 is 2.60 bits per heavy atom. The summed E-state index contributed by atoms with van der Waals surface area (Å²) in [7, 11) is 0. The molecule has 1 amide bonds. The monoisotopic (exact) mass is 338 g/mol. The Balaban J connectivity index is 1.73. The summed E-state index contributed by atoms with van der Waals surface area (Å²) in [5, 5.41) is 11.2. The molecule has 0 aliphatic rings. The molecule has 0 spiro atoms. The van der Waals surface area contributed by atoms with E-state index in [1.165, 1.54) is 0 Å². The second kappa shape index (κ2) is 6.55. The van der Waals surface area contributed by atoms with Gasteiger partial charge < -0.3 is 9.84 Å². The smallest absolute Gasteiger partial charge is 0.234 e. The normalized spacial score (nSPS) is 11.5. The van der Waals surface area contributed by atoms with E-state index < -0.39 is 5.41 Å². The van der Waals surface area contributed by atoms with Crippen molar-refractivity contribution in [3.63, 3.8) is 0 Å². The number of amides is 1. The third kappa shape index (κ3) is 3.47. The molecule has 0 saturated heterocycles. The predicted molar refractivity (Wildman–Crippen MR) is 95.4 cm³/mol. The molecular formula is C19H22N4O2. The Labute approximate surface area is 146 Å². The van der Waals surface area contributed by atoms with Gasteiger partial charge in [-0.05, 0) is 33.3 Å². The van der Waals surface area contributed by atoms with E-state index in [4.69, 9.17) is 4.52 Å². The van der Waals surface area contributed by atoms with Crippen LogP contribution in [0.25, 0.3) is 0 Å². The summed E-state index contributed by atoms with van der Waals surface area (Å²) >= 11 is 0. The van der Waals surface area contributed by atoms with Crippen LogP contribution >= 0.6 is 0 Å². The van der Waals surface area contributed by atoms with Crippen molar-refractivity contribution in [1.82, 2.24) is 14.9 Å². The van der Waals surface area contributed by atoms with Gasteiger partial charge in [0.05, 0.1) is 29.5 Å². The highest BCUT2D eigenvalue weighted by atomic mass is 16.5. The molecule has 3 aromatic rings. The molecule has 2 aromatic heterocycles. The fourth-order valence-corrected chi connectivity index (χ4v) is 3.06. The van der Waals surface area contributed by atoms with Crippen molar-refractivity contribution in [3.8, 4) is 0 Å². The average Bonchev–Trinajstić information content (AvgIpc) is 3.14. The van der Waals surface area contributed by atoms with Gasteiger partial charge in [-0.2, -0.15) is 5.10 Å². The quantitative estimate of drug-likeness (QED) is 0.773. The first-order valence-corrected chi connectivity index (χ1v) is 8.19. The molecule has 25 heavy (non-hydrogen) atoms. The van der Waals surface area contributed by atoms with E-state index in [-0.39, 0.29) is 5.91 Å². The van der Waals surface area contributed by atoms with Gasteiger partial charge in [-0.3, -0.25) is 9.48 Å². The number of rotatable bonds is 5. The van der Waals surface area contributed by atoms with Crippen LogP contribution in [0.4, 0.5) is 5.69 Å². The van der Waals surface area contributed by atoms with Crippen LogP contribution in [0.5, 0.6) is 0 Å². The highest BCUT2D eigenvalue weighted by Gasteiger charge is 2.35. The lowest BCUT2D eigenvalue weighted by molar-refractivity contribution is -0.120. The molecule has 0 radical (unpaired) electrons. The van der Waals surface area contributed by atoms with Gasteiger partial charge in [0.1, 0.15) is 5.76 Å². The van der Waals surface area contributed by atoms with Crippen LogP contribution in [0.2, 0.25) is 0 Å². The first kappa shape index (κ1) is 17.0. The average molecular weight is 338 g/mol. The number of nitrogens with one attached hydrogen (secondary N) is 1. The first-order valence-electron chi connectivity index (χ1n) is 8.19. The van der Waals surface area contributed by atoms with Gasteiger partial charge in [-0.15, -0.1) is 0 Å². The number of benzene rings is 1. The van der Waals surface area contributed by atoms with Crippen LogP contribution in [0.3, 0.4) is 0 Å². The zero-order valence-corrected chi connectivity index (χ0v) is 14.9. The number of aryl methyl sites for hydroxylation is 2.